The zero-order chi connectivity index (χ0) is 19.2. The molecule has 0 amide bonds. The first kappa shape index (κ1) is 18.8. The van der Waals surface area contributed by atoms with Gasteiger partial charge in [0.15, 0.2) is 5.96 Å². The zero-order valence-corrected chi connectivity index (χ0v) is 16.5. The second kappa shape index (κ2) is 8.62. The summed E-state index contributed by atoms with van der Waals surface area (Å²) in [5.74, 6) is 1.68. The summed E-state index contributed by atoms with van der Waals surface area (Å²) in [6, 6.07) is 12.6. The van der Waals surface area contributed by atoms with Crippen molar-refractivity contribution in [1.29, 1.82) is 0 Å². The summed E-state index contributed by atoms with van der Waals surface area (Å²) in [5, 5.41) is 8.04. The number of aryl methyl sites for hydroxylation is 2. The van der Waals surface area contributed by atoms with Crippen molar-refractivity contribution in [2.75, 3.05) is 20.7 Å². The molecular weight excluding hydrogens is 336 g/mol. The minimum absolute atomic E-state index is 0.662. The van der Waals surface area contributed by atoms with Crippen molar-refractivity contribution in [3.05, 3.63) is 64.8 Å². The number of nitrogens with zero attached hydrogens (tertiary/aromatic N) is 1. The molecule has 5 heteroatoms. The maximum absolute atomic E-state index is 5.47. The second-order valence-corrected chi connectivity index (χ2v) is 6.73. The summed E-state index contributed by atoms with van der Waals surface area (Å²) in [6.45, 7) is 5.67. The standard InChI is InChI=1S/C22H28N4O/c1-15-8-9-18(20(12-15)27-4)14-26-22(23-3)24-11-10-17-13-25-21-16(2)6-5-7-19(17)21/h5-9,12-13,25H,10-11,14H2,1-4H3,(H2,23,24,26). The fourth-order valence-electron chi connectivity index (χ4n) is 3.28. The molecule has 3 N–H and O–H groups in total. The third-order valence-electron chi connectivity index (χ3n) is 4.81. The molecule has 27 heavy (non-hydrogen) atoms. The number of hydrogen-bond donors (Lipinski definition) is 3. The minimum Gasteiger partial charge on any atom is -0.496 e. The Morgan fingerprint density at radius 1 is 1.11 bits per heavy atom. The lowest BCUT2D eigenvalue weighted by Crippen LogP contribution is -2.37. The van der Waals surface area contributed by atoms with E-state index in [9.17, 15) is 0 Å². The van der Waals surface area contributed by atoms with E-state index < -0.39 is 0 Å². The molecule has 0 atom stereocenters. The first-order valence-electron chi connectivity index (χ1n) is 9.26. The molecule has 1 heterocycles. The van der Waals surface area contributed by atoms with Gasteiger partial charge in [0.25, 0.3) is 0 Å². The molecule has 0 unspecified atom stereocenters. The van der Waals surface area contributed by atoms with Crippen LogP contribution in [0.5, 0.6) is 5.75 Å². The van der Waals surface area contributed by atoms with E-state index >= 15 is 0 Å². The molecular formula is C22H28N4O. The lowest BCUT2D eigenvalue weighted by Gasteiger charge is -2.14. The van der Waals surface area contributed by atoms with E-state index in [0.29, 0.717) is 6.54 Å². The summed E-state index contributed by atoms with van der Waals surface area (Å²) >= 11 is 0. The predicted octanol–water partition coefficient (Wildman–Crippen LogP) is 3.70. The molecule has 3 rings (SSSR count). The van der Waals surface area contributed by atoms with Gasteiger partial charge in [-0.2, -0.15) is 0 Å². The van der Waals surface area contributed by atoms with Crippen molar-refractivity contribution < 1.29 is 4.74 Å². The Hall–Kier alpha value is -2.95. The number of benzene rings is 2. The van der Waals surface area contributed by atoms with Crippen LogP contribution in [-0.2, 0) is 13.0 Å². The van der Waals surface area contributed by atoms with Gasteiger partial charge in [0.1, 0.15) is 5.75 Å². The number of methoxy groups -OCH3 is 1. The molecule has 0 fully saturated rings. The fraction of sp³-hybridized carbons (Fsp3) is 0.318. The number of guanidine groups is 1. The van der Waals surface area contributed by atoms with E-state index in [1.807, 2.05) is 6.07 Å². The molecule has 0 aliphatic rings. The number of aromatic nitrogens is 1. The van der Waals surface area contributed by atoms with Crippen LogP contribution in [0.1, 0.15) is 22.3 Å². The number of rotatable bonds is 6. The first-order chi connectivity index (χ1) is 13.1. The van der Waals surface area contributed by atoms with Gasteiger partial charge in [-0.1, -0.05) is 30.3 Å². The SMILES string of the molecule is CN=C(NCCc1c[nH]c2c(C)cccc12)NCc1ccc(C)cc1OC. The Kier molecular flexibility index (Phi) is 6.01. The van der Waals surface area contributed by atoms with Crippen LogP contribution < -0.4 is 15.4 Å². The average molecular weight is 364 g/mol. The average Bonchev–Trinajstić information content (AvgIpc) is 3.09. The minimum atomic E-state index is 0.662. The van der Waals surface area contributed by atoms with Gasteiger partial charge in [-0.15, -0.1) is 0 Å². The lowest BCUT2D eigenvalue weighted by molar-refractivity contribution is 0.408. The van der Waals surface area contributed by atoms with Gasteiger partial charge in [0.05, 0.1) is 7.11 Å². The van der Waals surface area contributed by atoms with E-state index in [0.717, 1.165) is 30.2 Å². The highest BCUT2D eigenvalue weighted by Gasteiger charge is 2.07. The van der Waals surface area contributed by atoms with Crippen molar-refractivity contribution in [1.82, 2.24) is 15.6 Å². The summed E-state index contributed by atoms with van der Waals surface area (Å²) in [4.78, 5) is 7.70. The van der Waals surface area contributed by atoms with E-state index in [1.165, 1.54) is 27.6 Å². The summed E-state index contributed by atoms with van der Waals surface area (Å²) < 4.78 is 5.47. The van der Waals surface area contributed by atoms with Crippen LogP contribution in [0.3, 0.4) is 0 Å². The fourth-order valence-corrected chi connectivity index (χ4v) is 3.28. The van der Waals surface area contributed by atoms with E-state index in [-0.39, 0.29) is 0 Å². The van der Waals surface area contributed by atoms with Crippen molar-refractivity contribution in [3.8, 4) is 5.75 Å². The highest BCUT2D eigenvalue weighted by Crippen LogP contribution is 2.21. The van der Waals surface area contributed by atoms with Gasteiger partial charge >= 0.3 is 0 Å². The van der Waals surface area contributed by atoms with Crippen molar-refractivity contribution in [2.45, 2.75) is 26.8 Å². The number of aliphatic imine (C=N–C) groups is 1. The van der Waals surface area contributed by atoms with Crippen LogP contribution in [0.15, 0.2) is 47.6 Å². The van der Waals surface area contributed by atoms with Crippen LogP contribution in [0, 0.1) is 13.8 Å². The quantitative estimate of drug-likeness (QED) is 0.462. The Bertz CT molecular complexity index is 943. The largest absolute Gasteiger partial charge is 0.496 e. The predicted molar refractivity (Wildman–Crippen MR) is 113 cm³/mol. The van der Waals surface area contributed by atoms with Gasteiger partial charge in [0, 0.05) is 42.8 Å². The normalized spacial score (nSPS) is 11.6. The summed E-state index contributed by atoms with van der Waals surface area (Å²) in [6.07, 6.45) is 3.03. The second-order valence-electron chi connectivity index (χ2n) is 6.73. The topological polar surface area (TPSA) is 61.4 Å². The molecule has 5 nitrogen and oxygen atoms in total. The van der Waals surface area contributed by atoms with E-state index in [1.54, 1.807) is 14.2 Å². The van der Waals surface area contributed by atoms with E-state index in [2.05, 4.69) is 71.0 Å². The maximum atomic E-state index is 5.47. The van der Waals surface area contributed by atoms with Gasteiger partial charge in [-0.05, 0) is 43.0 Å². The van der Waals surface area contributed by atoms with Crippen LogP contribution in [0.2, 0.25) is 0 Å². The number of hydrogen-bond acceptors (Lipinski definition) is 2. The molecule has 0 radical (unpaired) electrons. The third-order valence-corrected chi connectivity index (χ3v) is 4.81. The Labute approximate surface area is 160 Å². The zero-order valence-electron chi connectivity index (χ0n) is 16.5. The monoisotopic (exact) mass is 364 g/mol. The van der Waals surface area contributed by atoms with Crippen LogP contribution in [-0.4, -0.2) is 31.6 Å². The molecule has 0 bridgehead atoms. The van der Waals surface area contributed by atoms with Crippen LogP contribution >= 0.6 is 0 Å². The first-order valence-corrected chi connectivity index (χ1v) is 9.26. The van der Waals surface area contributed by atoms with Gasteiger partial charge < -0.3 is 20.4 Å². The third kappa shape index (κ3) is 4.42. The summed E-state index contributed by atoms with van der Waals surface area (Å²) in [5.41, 5.74) is 6.11. The summed E-state index contributed by atoms with van der Waals surface area (Å²) in [7, 11) is 3.49. The van der Waals surface area contributed by atoms with Gasteiger partial charge in [0.2, 0.25) is 0 Å². The Balaban J connectivity index is 1.56. The number of aromatic amines is 1. The van der Waals surface area contributed by atoms with Crippen LogP contribution in [0.4, 0.5) is 0 Å². The molecule has 1 aromatic heterocycles. The number of para-hydroxylation sites is 1. The number of fused-ring (bicyclic) bond motifs is 1. The number of H-pyrrole nitrogens is 1. The highest BCUT2D eigenvalue weighted by molar-refractivity contribution is 5.86. The van der Waals surface area contributed by atoms with Crippen molar-refractivity contribution in [3.63, 3.8) is 0 Å². The number of nitrogens with one attached hydrogen (secondary N) is 3. The smallest absolute Gasteiger partial charge is 0.191 e. The Morgan fingerprint density at radius 3 is 2.74 bits per heavy atom. The molecule has 3 aromatic rings. The van der Waals surface area contributed by atoms with Gasteiger partial charge in [-0.3, -0.25) is 4.99 Å². The van der Waals surface area contributed by atoms with Crippen LogP contribution in [0.25, 0.3) is 10.9 Å². The molecule has 0 saturated heterocycles. The van der Waals surface area contributed by atoms with Crippen molar-refractivity contribution >= 4 is 16.9 Å². The molecule has 0 saturated carbocycles. The van der Waals surface area contributed by atoms with Gasteiger partial charge in [-0.25, -0.2) is 0 Å². The molecule has 0 aliphatic heterocycles. The maximum Gasteiger partial charge on any atom is 0.191 e. The van der Waals surface area contributed by atoms with Crippen molar-refractivity contribution in [2.24, 2.45) is 4.99 Å². The number of ether oxygens (including phenoxy) is 1. The molecule has 142 valence electrons. The molecule has 0 spiro atoms. The lowest BCUT2D eigenvalue weighted by atomic mass is 10.1. The molecule has 2 aromatic carbocycles. The van der Waals surface area contributed by atoms with E-state index in [4.69, 9.17) is 4.74 Å². The molecule has 0 aliphatic carbocycles. The highest BCUT2D eigenvalue weighted by atomic mass is 16.5. The Morgan fingerprint density at radius 2 is 1.96 bits per heavy atom.